The average Bonchev–Trinajstić information content (AvgIpc) is 3.32. The molecule has 0 fully saturated rings. The van der Waals surface area contributed by atoms with Crippen LogP contribution < -0.4 is 14.8 Å². The Morgan fingerprint density at radius 2 is 2.00 bits per heavy atom. The Kier molecular flexibility index (Phi) is 7.60. The van der Waals surface area contributed by atoms with Crippen molar-refractivity contribution in [1.29, 1.82) is 0 Å². The van der Waals surface area contributed by atoms with Crippen molar-refractivity contribution in [3.8, 4) is 17.2 Å². The first-order chi connectivity index (χ1) is 14.7. The summed E-state index contributed by atoms with van der Waals surface area (Å²) in [7, 11) is 1.61. The van der Waals surface area contributed by atoms with Gasteiger partial charge in [-0.2, -0.15) is 5.10 Å². The average molecular weight is 406 g/mol. The van der Waals surface area contributed by atoms with Crippen molar-refractivity contribution in [2.75, 3.05) is 13.7 Å². The van der Waals surface area contributed by atoms with Crippen molar-refractivity contribution in [1.82, 2.24) is 20.1 Å². The third-order valence-electron chi connectivity index (χ3n) is 4.46. The summed E-state index contributed by atoms with van der Waals surface area (Å²) < 4.78 is 12.8. The SMILES string of the molecule is CCCCOc1ccc(/C=C/C(=O)NCc2ccc(-n3cncn3)cc2)cc1OC. The minimum absolute atomic E-state index is 0.169. The molecule has 0 aliphatic heterocycles. The van der Waals surface area contributed by atoms with E-state index in [1.54, 1.807) is 24.2 Å². The maximum absolute atomic E-state index is 12.2. The van der Waals surface area contributed by atoms with Crippen molar-refractivity contribution in [2.24, 2.45) is 0 Å². The number of ether oxygens (including phenoxy) is 2. The molecule has 30 heavy (non-hydrogen) atoms. The highest BCUT2D eigenvalue weighted by atomic mass is 16.5. The molecule has 0 bridgehead atoms. The smallest absolute Gasteiger partial charge is 0.244 e. The molecular weight excluding hydrogens is 380 g/mol. The summed E-state index contributed by atoms with van der Waals surface area (Å²) >= 11 is 0. The number of carbonyl (C=O) groups is 1. The van der Waals surface area contributed by atoms with E-state index >= 15 is 0 Å². The molecule has 0 atom stereocenters. The van der Waals surface area contributed by atoms with Crippen LogP contribution in [0, 0.1) is 0 Å². The largest absolute Gasteiger partial charge is 0.493 e. The molecule has 7 heteroatoms. The first kappa shape index (κ1) is 21.1. The van der Waals surface area contributed by atoms with Crippen LogP contribution in [0.3, 0.4) is 0 Å². The number of hydrogen-bond acceptors (Lipinski definition) is 5. The fourth-order valence-corrected chi connectivity index (χ4v) is 2.76. The molecule has 1 aromatic heterocycles. The number of nitrogens with zero attached hydrogens (tertiary/aromatic N) is 3. The second-order valence-corrected chi connectivity index (χ2v) is 6.67. The molecule has 1 amide bonds. The lowest BCUT2D eigenvalue weighted by Crippen LogP contribution is -2.20. The maximum atomic E-state index is 12.2. The third kappa shape index (κ3) is 5.94. The van der Waals surface area contributed by atoms with Crippen molar-refractivity contribution in [3.63, 3.8) is 0 Å². The van der Waals surface area contributed by atoms with E-state index in [0.717, 1.165) is 29.7 Å². The second kappa shape index (κ2) is 10.8. The van der Waals surface area contributed by atoms with Crippen molar-refractivity contribution >= 4 is 12.0 Å². The number of carbonyl (C=O) groups excluding carboxylic acids is 1. The van der Waals surface area contributed by atoms with Crippen LogP contribution in [0.15, 0.2) is 61.2 Å². The lowest BCUT2D eigenvalue weighted by molar-refractivity contribution is -0.116. The highest BCUT2D eigenvalue weighted by molar-refractivity contribution is 5.91. The summed E-state index contributed by atoms with van der Waals surface area (Å²) in [5.41, 5.74) is 2.77. The number of rotatable bonds is 10. The first-order valence-electron chi connectivity index (χ1n) is 9.90. The van der Waals surface area contributed by atoms with Gasteiger partial charge in [0, 0.05) is 12.6 Å². The first-order valence-corrected chi connectivity index (χ1v) is 9.90. The fraction of sp³-hybridized carbons (Fsp3) is 0.261. The maximum Gasteiger partial charge on any atom is 0.244 e. The van der Waals surface area contributed by atoms with E-state index in [2.05, 4.69) is 22.3 Å². The molecule has 1 N–H and O–H groups in total. The van der Waals surface area contributed by atoms with Crippen molar-refractivity contribution < 1.29 is 14.3 Å². The summed E-state index contributed by atoms with van der Waals surface area (Å²) in [5.74, 6) is 1.20. The molecule has 0 unspecified atom stereocenters. The second-order valence-electron chi connectivity index (χ2n) is 6.67. The number of amides is 1. The van der Waals surface area contributed by atoms with Gasteiger partial charge in [-0.15, -0.1) is 0 Å². The normalized spacial score (nSPS) is 10.9. The van der Waals surface area contributed by atoms with Gasteiger partial charge in [0.25, 0.3) is 0 Å². The van der Waals surface area contributed by atoms with Gasteiger partial charge in [0.15, 0.2) is 11.5 Å². The number of hydrogen-bond donors (Lipinski definition) is 1. The summed E-state index contributed by atoms with van der Waals surface area (Å²) in [5, 5.41) is 6.97. The molecule has 1 heterocycles. The Bertz CT molecular complexity index is 967. The van der Waals surface area contributed by atoms with Gasteiger partial charge in [-0.3, -0.25) is 4.79 Å². The van der Waals surface area contributed by atoms with Gasteiger partial charge in [0.1, 0.15) is 12.7 Å². The molecule has 0 aliphatic carbocycles. The zero-order valence-electron chi connectivity index (χ0n) is 17.2. The molecule has 0 aliphatic rings. The quantitative estimate of drug-likeness (QED) is 0.409. The van der Waals surface area contributed by atoms with E-state index in [1.165, 1.54) is 12.4 Å². The van der Waals surface area contributed by atoms with Gasteiger partial charge in [-0.25, -0.2) is 9.67 Å². The summed E-state index contributed by atoms with van der Waals surface area (Å²) in [6, 6.07) is 13.4. The summed E-state index contributed by atoms with van der Waals surface area (Å²) in [4.78, 5) is 16.1. The highest BCUT2D eigenvalue weighted by Crippen LogP contribution is 2.28. The predicted molar refractivity (Wildman–Crippen MR) is 116 cm³/mol. The molecule has 156 valence electrons. The Hall–Kier alpha value is -3.61. The minimum Gasteiger partial charge on any atom is -0.493 e. The standard InChI is InChI=1S/C23H26N4O3/c1-3-4-13-30-21-11-7-18(14-22(21)29-2)8-12-23(28)25-15-19-5-9-20(10-6-19)27-17-24-16-26-27/h5-12,14,16-17H,3-4,13,15H2,1-2H3,(H,25,28)/b12-8+. The lowest BCUT2D eigenvalue weighted by atomic mass is 10.2. The summed E-state index contributed by atoms with van der Waals surface area (Å²) in [6.07, 6.45) is 8.46. The fourth-order valence-electron chi connectivity index (χ4n) is 2.76. The van der Waals surface area contributed by atoms with Crippen LogP contribution in [0.4, 0.5) is 0 Å². The van der Waals surface area contributed by atoms with Gasteiger partial charge in [-0.1, -0.05) is 31.5 Å². The van der Waals surface area contributed by atoms with Crippen LogP contribution in [-0.4, -0.2) is 34.4 Å². The Labute approximate surface area is 176 Å². The molecule has 3 aromatic rings. The molecular formula is C23H26N4O3. The third-order valence-corrected chi connectivity index (χ3v) is 4.46. The van der Waals surface area contributed by atoms with E-state index in [1.807, 2.05) is 42.5 Å². The predicted octanol–water partition coefficient (Wildman–Crippen LogP) is 3.78. The van der Waals surface area contributed by atoms with Gasteiger partial charge in [0.2, 0.25) is 5.91 Å². The molecule has 0 spiro atoms. The van der Waals surface area contributed by atoms with Crippen LogP contribution in [0.25, 0.3) is 11.8 Å². The van der Waals surface area contributed by atoms with E-state index < -0.39 is 0 Å². The Morgan fingerprint density at radius 1 is 1.17 bits per heavy atom. The number of benzene rings is 2. The van der Waals surface area contributed by atoms with Crippen LogP contribution in [0.5, 0.6) is 11.5 Å². The zero-order valence-corrected chi connectivity index (χ0v) is 17.2. The number of nitrogens with one attached hydrogen (secondary N) is 1. The van der Waals surface area contributed by atoms with Crippen LogP contribution >= 0.6 is 0 Å². The number of aromatic nitrogens is 3. The zero-order chi connectivity index (χ0) is 21.2. The van der Waals surface area contributed by atoms with Crippen molar-refractivity contribution in [3.05, 3.63) is 72.3 Å². The molecule has 0 saturated heterocycles. The molecule has 0 radical (unpaired) electrons. The van der Waals surface area contributed by atoms with Crippen LogP contribution in [0.1, 0.15) is 30.9 Å². The van der Waals surface area contributed by atoms with E-state index in [-0.39, 0.29) is 5.91 Å². The van der Waals surface area contributed by atoms with Gasteiger partial charge < -0.3 is 14.8 Å². The van der Waals surface area contributed by atoms with E-state index in [0.29, 0.717) is 24.7 Å². The van der Waals surface area contributed by atoms with Crippen LogP contribution in [0.2, 0.25) is 0 Å². The van der Waals surface area contributed by atoms with Gasteiger partial charge in [0.05, 0.1) is 19.4 Å². The van der Waals surface area contributed by atoms with E-state index in [4.69, 9.17) is 9.47 Å². The van der Waals surface area contributed by atoms with E-state index in [9.17, 15) is 4.79 Å². The summed E-state index contributed by atoms with van der Waals surface area (Å²) in [6.45, 7) is 3.21. The van der Waals surface area contributed by atoms with Crippen molar-refractivity contribution in [2.45, 2.75) is 26.3 Å². The topological polar surface area (TPSA) is 78.3 Å². The van der Waals surface area contributed by atoms with Crippen LogP contribution in [-0.2, 0) is 11.3 Å². The highest BCUT2D eigenvalue weighted by Gasteiger charge is 2.05. The number of unbranched alkanes of at least 4 members (excludes halogenated alkanes) is 1. The monoisotopic (exact) mass is 406 g/mol. The number of methoxy groups -OCH3 is 1. The molecule has 2 aromatic carbocycles. The lowest BCUT2D eigenvalue weighted by Gasteiger charge is -2.11. The molecule has 7 nitrogen and oxygen atoms in total. The Balaban J connectivity index is 1.52. The molecule has 0 saturated carbocycles. The van der Waals surface area contributed by atoms with Gasteiger partial charge >= 0.3 is 0 Å². The van der Waals surface area contributed by atoms with Gasteiger partial charge in [-0.05, 0) is 47.9 Å². The Morgan fingerprint density at radius 3 is 2.70 bits per heavy atom. The molecule has 3 rings (SSSR count). The minimum atomic E-state index is -0.169.